The molecule has 1 heterocycles. The van der Waals surface area contributed by atoms with Crippen molar-refractivity contribution in [3.05, 3.63) is 70.5 Å². The normalized spacial score (nSPS) is 13.0. The van der Waals surface area contributed by atoms with Crippen LogP contribution in [0.15, 0.2) is 53.4 Å². The summed E-state index contributed by atoms with van der Waals surface area (Å²) in [6, 6.07) is 12.1. The van der Waals surface area contributed by atoms with E-state index in [-0.39, 0.29) is 11.0 Å². The van der Waals surface area contributed by atoms with Crippen LogP contribution in [-0.2, 0) is 16.4 Å². The number of nitrogens with one attached hydrogen (secondary N) is 2. The average molecular weight is 517 g/mol. The molecular formula is C21H20F4N4O3S2. The smallest absolute Gasteiger partial charge is 0.296 e. The maximum absolute atomic E-state index is 14.2. The molecule has 34 heavy (non-hydrogen) atoms. The molecule has 1 amide bonds. The first-order chi connectivity index (χ1) is 15.9. The van der Waals surface area contributed by atoms with Gasteiger partial charge in [0.25, 0.3) is 5.91 Å². The number of hydrogen-bond donors (Lipinski definition) is 2. The van der Waals surface area contributed by atoms with Crippen LogP contribution >= 0.6 is 11.3 Å². The molecule has 3 rings (SSSR count). The van der Waals surface area contributed by atoms with Crippen LogP contribution in [-0.4, -0.2) is 37.2 Å². The summed E-state index contributed by atoms with van der Waals surface area (Å²) in [5.41, 5.74) is 0.493. The van der Waals surface area contributed by atoms with E-state index in [0.29, 0.717) is 11.4 Å². The summed E-state index contributed by atoms with van der Waals surface area (Å²) in [5.74, 6) is -1.98. The highest BCUT2D eigenvalue weighted by Crippen LogP contribution is 2.27. The summed E-state index contributed by atoms with van der Waals surface area (Å²) < 4.78 is 77.3. The number of sulfonamides is 1. The van der Waals surface area contributed by atoms with Crippen LogP contribution in [0, 0.1) is 5.82 Å². The van der Waals surface area contributed by atoms with E-state index in [2.05, 4.69) is 15.5 Å². The monoisotopic (exact) mass is 516 g/mol. The molecule has 3 aromatic rings. The van der Waals surface area contributed by atoms with E-state index in [1.54, 1.807) is 4.72 Å². The Labute approximate surface area is 197 Å². The molecule has 0 saturated heterocycles. The molecule has 1 atom stereocenters. The fraction of sp³-hybridized carbons (Fsp3) is 0.286. The van der Waals surface area contributed by atoms with Crippen LogP contribution in [0.3, 0.4) is 0 Å². The summed E-state index contributed by atoms with van der Waals surface area (Å²) in [6.07, 6.45) is -5.22. The quantitative estimate of drug-likeness (QED) is 0.408. The summed E-state index contributed by atoms with van der Waals surface area (Å²) >= 11 is 1.10. The van der Waals surface area contributed by atoms with Crippen molar-refractivity contribution in [3.63, 3.8) is 0 Å². The van der Waals surface area contributed by atoms with E-state index in [4.69, 9.17) is 0 Å². The van der Waals surface area contributed by atoms with Gasteiger partial charge in [0.1, 0.15) is 10.8 Å². The molecule has 0 aliphatic rings. The summed E-state index contributed by atoms with van der Waals surface area (Å²) in [6.45, 7) is 1.05. The van der Waals surface area contributed by atoms with Crippen LogP contribution in [0.1, 0.15) is 40.2 Å². The Morgan fingerprint density at radius 3 is 2.50 bits per heavy atom. The molecule has 0 radical (unpaired) electrons. The minimum atomic E-state index is -4.55. The summed E-state index contributed by atoms with van der Waals surface area (Å²) in [4.78, 5) is 12.0. The molecule has 2 aromatic carbocycles. The van der Waals surface area contributed by atoms with Gasteiger partial charge >= 0.3 is 6.18 Å². The number of hydrogen-bond acceptors (Lipinski definition) is 6. The molecule has 1 unspecified atom stereocenters. The number of benzene rings is 2. The number of aromatic nitrogens is 2. The molecule has 0 saturated carbocycles. The first-order valence-corrected chi connectivity index (χ1v) is 12.3. The van der Waals surface area contributed by atoms with Crippen molar-refractivity contribution in [2.45, 2.75) is 36.8 Å². The first kappa shape index (κ1) is 25.7. The van der Waals surface area contributed by atoms with Crippen molar-refractivity contribution in [1.82, 2.24) is 14.9 Å². The maximum Gasteiger partial charge on any atom is 0.390 e. The third-order valence-electron chi connectivity index (χ3n) is 4.66. The number of carbonyl (C=O) groups is 1. The molecule has 0 spiro atoms. The van der Waals surface area contributed by atoms with Crippen molar-refractivity contribution in [2.24, 2.45) is 0 Å². The van der Waals surface area contributed by atoms with Crippen molar-refractivity contribution >= 4 is 32.4 Å². The van der Waals surface area contributed by atoms with Crippen LogP contribution in [0.5, 0.6) is 0 Å². The van der Waals surface area contributed by atoms with Gasteiger partial charge in [-0.3, -0.25) is 10.1 Å². The number of halogens is 4. The van der Waals surface area contributed by atoms with Gasteiger partial charge in [-0.25, -0.2) is 17.5 Å². The number of amides is 1. The molecule has 0 fully saturated rings. The van der Waals surface area contributed by atoms with Crippen molar-refractivity contribution in [1.29, 1.82) is 0 Å². The Hall–Kier alpha value is -2.90. The van der Waals surface area contributed by atoms with Gasteiger partial charge in [0.05, 0.1) is 16.9 Å². The van der Waals surface area contributed by atoms with Crippen molar-refractivity contribution in [3.8, 4) is 0 Å². The molecule has 2 N–H and O–H groups in total. The van der Waals surface area contributed by atoms with Crippen LogP contribution in [0.4, 0.5) is 22.7 Å². The highest BCUT2D eigenvalue weighted by atomic mass is 32.2. The van der Waals surface area contributed by atoms with E-state index in [1.807, 2.05) is 37.3 Å². The van der Waals surface area contributed by atoms with Crippen LogP contribution in [0.25, 0.3) is 0 Å². The minimum absolute atomic E-state index is 0.00136. The molecule has 0 bridgehead atoms. The second kappa shape index (κ2) is 10.6. The minimum Gasteiger partial charge on any atom is -0.296 e. The Kier molecular flexibility index (Phi) is 8.00. The Morgan fingerprint density at radius 2 is 1.82 bits per heavy atom. The number of carbonyl (C=O) groups excluding carboxylic acids is 1. The van der Waals surface area contributed by atoms with E-state index in [0.717, 1.165) is 35.1 Å². The topological polar surface area (TPSA) is 101 Å². The van der Waals surface area contributed by atoms with E-state index in [9.17, 15) is 30.8 Å². The van der Waals surface area contributed by atoms with Gasteiger partial charge in [0.2, 0.25) is 15.2 Å². The zero-order valence-electron chi connectivity index (χ0n) is 17.8. The summed E-state index contributed by atoms with van der Waals surface area (Å²) in [7, 11) is -4.39. The maximum atomic E-state index is 14.2. The summed E-state index contributed by atoms with van der Waals surface area (Å²) in [5, 5.41) is 11.1. The third kappa shape index (κ3) is 7.05. The van der Waals surface area contributed by atoms with E-state index in [1.165, 1.54) is 0 Å². The molecule has 1 aromatic heterocycles. The lowest BCUT2D eigenvalue weighted by molar-refractivity contribution is -0.132. The zero-order valence-corrected chi connectivity index (χ0v) is 19.4. The zero-order chi connectivity index (χ0) is 24.9. The first-order valence-electron chi connectivity index (χ1n) is 9.99. The molecular weight excluding hydrogens is 496 g/mol. The fourth-order valence-corrected chi connectivity index (χ4v) is 4.81. The Bertz CT molecular complexity index is 1250. The fourth-order valence-electron chi connectivity index (χ4n) is 2.96. The van der Waals surface area contributed by atoms with E-state index < -0.39 is 51.3 Å². The predicted molar refractivity (Wildman–Crippen MR) is 119 cm³/mol. The molecule has 13 heteroatoms. The van der Waals surface area contributed by atoms with Gasteiger partial charge in [-0.15, -0.1) is 10.2 Å². The predicted octanol–water partition coefficient (Wildman–Crippen LogP) is 4.51. The average Bonchev–Trinajstić information content (AvgIpc) is 3.22. The third-order valence-corrected chi connectivity index (χ3v) is 7.19. The highest BCUT2D eigenvalue weighted by Gasteiger charge is 2.28. The number of nitrogens with zero attached hydrogens (tertiary/aromatic N) is 2. The number of anilines is 1. The lowest BCUT2D eigenvalue weighted by atomic mass is 10.0. The number of rotatable bonds is 9. The van der Waals surface area contributed by atoms with Crippen LogP contribution in [0.2, 0.25) is 0 Å². The number of alkyl halides is 3. The molecule has 182 valence electrons. The van der Waals surface area contributed by atoms with Gasteiger partial charge in [-0.2, -0.15) is 13.2 Å². The lowest BCUT2D eigenvalue weighted by Crippen LogP contribution is -2.28. The second-order valence-corrected chi connectivity index (χ2v) is 10.2. The van der Waals surface area contributed by atoms with E-state index >= 15 is 0 Å². The standard InChI is InChI=1S/C21H20F4N4O3S2/c1-13(11-14-5-3-2-4-6-14)19-28-29-20(33-19)27-18(30)16-12-15(7-8-17(16)22)34(31,32)26-10-9-21(23,24)25/h2-8,12-13,26H,9-11H2,1H3,(H,27,29,30). The highest BCUT2D eigenvalue weighted by molar-refractivity contribution is 7.89. The molecule has 0 aliphatic carbocycles. The SMILES string of the molecule is CC(Cc1ccccc1)c1nnc(NC(=O)c2cc(S(=O)(=O)NCCC(F)(F)F)ccc2F)s1. The molecule has 7 nitrogen and oxygen atoms in total. The van der Waals surface area contributed by atoms with Gasteiger partial charge < -0.3 is 0 Å². The van der Waals surface area contributed by atoms with Crippen molar-refractivity contribution in [2.75, 3.05) is 11.9 Å². The van der Waals surface area contributed by atoms with Gasteiger partial charge in [0.15, 0.2) is 0 Å². The second-order valence-electron chi connectivity index (χ2n) is 7.39. The Morgan fingerprint density at radius 1 is 1.12 bits per heavy atom. The van der Waals surface area contributed by atoms with Gasteiger partial charge in [-0.05, 0) is 30.2 Å². The van der Waals surface area contributed by atoms with Gasteiger partial charge in [-0.1, -0.05) is 48.6 Å². The largest absolute Gasteiger partial charge is 0.390 e. The van der Waals surface area contributed by atoms with Crippen molar-refractivity contribution < 1.29 is 30.8 Å². The van der Waals surface area contributed by atoms with Gasteiger partial charge in [0, 0.05) is 12.5 Å². The molecule has 0 aliphatic heterocycles. The lowest BCUT2D eigenvalue weighted by Gasteiger charge is -2.10. The van der Waals surface area contributed by atoms with Crippen LogP contribution < -0.4 is 10.0 Å². The Balaban J connectivity index is 1.69.